The van der Waals surface area contributed by atoms with Crippen molar-refractivity contribution in [2.75, 3.05) is 0 Å². The molecule has 1 N–H and O–H groups in total. The number of nitrogens with zero attached hydrogens (tertiary/aromatic N) is 3. The van der Waals surface area contributed by atoms with Gasteiger partial charge in [0.05, 0.1) is 0 Å². The molecule has 0 aromatic carbocycles. The molecular formula is C11H13ClN4O2S. The monoisotopic (exact) mass is 300 g/mol. The first kappa shape index (κ1) is 13.8. The minimum atomic E-state index is -0.398. The van der Waals surface area contributed by atoms with Crippen LogP contribution >= 0.6 is 23.8 Å². The molecule has 8 heteroatoms. The summed E-state index contributed by atoms with van der Waals surface area (Å²) >= 11 is 11.0. The van der Waals surface area contributed by atoms with Crippen LogP contribution in [0.1, 0.15) is 6.92 Å². The first-order valence-electron chi connectivity index (χ1n) is 5.55. The first-order chi connectivity index (χ1) is 8.84. The predicted octanol–water partition coefficient (Wildman–Crippen LogP) is 1.24. The van der Waals surface area contributed by atoms with E-state index in [1.807, 2.05) is 0 Å². The zero-order valence-electron chi connectivity index (χ0n) is 10.7. The van der Waals surface area contributed by atoms with Gasteiger partial charge in [0.2, 0.25) is 0 Å². The lowest BCUT2D eigenvalue weighted by Gasteiger charge is -2.05. The quantitative estimate of drug-likeness (QED) is 0.849. The number of nitrogens with one attached hydrogen (secondary N) is 1. The summed E-state index contributed by atoms with van der Waals surface area (Å²) in [7, 11) is 3.02. The molecule has 0 fully saturated rings. The third-order valence-electron chi connectivity index (χ3n) is 2.94. The second-order valence-corrected chi connectivity index (χ2v) is 5.22. The van der Waals surface area contributed by atoms with Gasteiger partial charge in [0.1, 0.15) is 5.65 Å². The fourth-order valence-electron chi connectivity index (χ4n) is 1.87. The smallest absolute Gasteiger partial charge is 0.316 e. The van der Waals surface area contributed by atoms with E-state index >= 15 is 0 Å². The number of allylic oxidation sites excluding steroid dienone is 2. The number of imidazole rings is 1. The molecule has 2 aromatic rings. The van der Waals surface area contributed by atoms with Crippen LogP contribution in [0.5, 0.6) is 0 Å². The Kier molecular flexibility index (Phi) is 3.51. The number of hydrogen-bond acceptors (Lipinski definition) is 3. The van der Waals surface area contributed by atoms with Gasteiger partial charge in [0, 0.05) is 25.7 Å². The van der Waals surface area contributed by atoms with Gasteiger partial charge in [-0.15, -0.1) is 0 Å². The van der Waals surface area contributed by atoms with Crippen LogP contribution < -0.4 is 11.2 Å². The van der Waals surface area contributed by atoms with Gasteiger partial charge in [-0.05, 0) is 19.1 Å². The van der Waals surface area contributed by atoms with E-state index in [0.29, 0.717) is 27.5 Å². The number of aromatic nitrogens is 4. The minimum Gasteiger partial charge on any atom is -0.316 e. The Hall–Kier alpha value is -1.60. The molecule has 0 aliphatic heterocycles. The Morgan fingerprint density at radius 3 is 2.58 bits per heavy atom. The van der Waals surface area contributed by atoms with Crippen molar-refractivity contribution in [3.8, 4) is 0 Å². The number of H-pyrrole nitrogens is 1. The Morgan fingerprint density at radius 2 is 2.00 bits per heavy atom. The van der Waals surface area contributed by atoms with Crippen molar-refractivity contribution >= 4 is 35.0 Å². The van der Waals surface area contributed by atoms with Crippen LogP contribution in [0.4, 0.5) is 0 Å². The van der Waals surface area contributed by atoms with Gasteiger partial charge in [-0.3, -0.25) is 13.9 Å². The van der Waals surface area contributed by atoms with Gasteiger partial charge in [0.15, 0.2) is 10.3 Å². The summed E-state index contributed by atoms with van der Waals surface area (Å²) in [6.45, 7) is 2.12. The van der Waals surface area contributed by atoms with Crippen molar-refractivity contribution in [1.29, 1.82) is 0 Å². The standard InChI is InChI=1S/C11H13ClN4O2S/c1-6(12)4-5-16-7-8(13-10(16)19)14(2)11(18)15(3)9(7)17/h4H,5H2,1-3H3,(H,13,19). The van der Waals surface area contributed by atoms with Crippen molar-refractivity contribution in [1.82, 2.24) is 18.7 Å². The second-order valence-electron chi connectivity index (χ2n) is 4.23. The lowest BCUT2D eigenvalue weighted by Crippen LogP contribution is -2.37. The number of hydrogen-bond donors (Lipinski definition) is 1. The molecule has 0 aliphatic rings. The maximum absolute atomic E-state index is 12.2. The molecule has 0 radical (unpaired) electrons. The van der Waals surface area contributed by atoms with Crippen molar-refractivity contribution in [2.24, 2.45) is 14.1 Å². The lowest BCUT2D eigenvalue weighted by atomic mass is 10.4. The van der Waals surface area contributed by atoms with E-state index in [1.54, 1.807) is 24.6 Å². The van der Waals surface area contributed by atoms with Crippen molar-refractivity contribution in [3.05, 3.63) is 36.7 Å². The molecule has 2 aromatic heterocycles. The van der Waals surface area contributed by atoms with Crippen LogP contribution in [-0.4, -0.2) is 18.7 Å². The highest BCUT2D eigenvalue weighted by Crippen LogP contribution is 2.09. The highest BCUT2D eigenvalue weighted by atomic mass is 35.5. The van der Waals surface area contributed by atoms with E-state index in [9.17, 15) is 9.59 Å². The zero-order valence-corrected chi connectivity index (χ0v) is 12.3. The van der Waals surface area contributed by atoms with E-state index in [-0.39, 0.29) is 5.56 Å². The molecule has 0 saturated carbocycles. The van der Waals surface area contributed by atoms with E-state index in [4.69, 9.17) is 23.8 Å². The second kappa shape index (κ2) is 4.82. The fraction of sp³-hybridized carbons (Fsp3) is 0.364. The average molecular weight is 301 g/mol. The van der Waals surface area contributed by atoms with Gasteiger partial charge in [0.25, 0.3) is 5.56 Å². The Morgan fingerprint density at radius 1 is 1.37 bits per heavy atom. The largest absolute Gasteiger partial charge is 0.332 e. The summed E-state index contributed by atoms with van der Waals surface area (Å²) in [5, 5.41) is 0.609. The summed E-state index contributed by atoms with van der Waals surface area (Å²) in [5.74, 6) is 0. The fourth-order valence-corrected chi connectivity index (χ4v) is 2.21. The van der Waals surface area contributed by atoms with Crippen molar-refractivity contribution in [3.63, 3.8) is 0 Å². The molecule has 2 heterocycles. The van der Waals surface area contributed by atoms with Gasteiger partial charge < -0.3 is 9.55 Å². The average Bonchev–Trinajstić information content (AvgIpc) is 2.68. The summed E-state index contributed by atoms with van der Waals surface area (Å²) < 4.78 is 4.42. The number of halogens is 1. The van der Waals surface area contributed by atoms with E-state index < -0.39 is 5.69 Å². The number of fused-ring (bicyclic) bond motifs is 1. The SMILES string of the molecule is CC(Cl)=CCn1c(=S)[nH]c2c1c(=O)n(C)c(=O)n2C. The molecule has 0 unspecified atom stereocenters. The molecule has 0 bridgehead atoms. The van der Waals surface area contributed by atoms with Crippen LogP contribution in [0.3, 0.4) is 0 Å². The van der Waals surface area contributed by atoms with E-state index in [0.717, 1.165) is 4.57 Å². The lowest BCUT2D eigenvalue weighted by molar-refractivity contribution is 0.703. The van der Waals surface area contributed by atoms with Crippen LogP contribution in [0.25, 0.3) is 11.2 Å². The number of aromatic amines is 1. The molecule has 0 amide bonds. The van der Waals surface area contributed by atoms with Gasteiger partial charge in [-0.25, -0.2) is 4.79 Å². The van der Waals surface area contributed by atoms with E-state index in [1.165, 1.54) is 11.6 Å². The Balaban J connectivity index is 2.92. The maximum Gasteiger partial charge on any atom is 0.332 e. The van der Waals surface area contributed by atoms with Crippen LogP contribution in [0.2, 0.25) is 0 Å². The highest BCUT2D eigenvalue weighted by Gasteiger charge is 2.14. The normalized spacial score (nSPS) is 12.3. The molecule has 0 saturated heterocycles. The molecule has 2 rings (SSSR count). The molecule has 6 nitrogen and oxygen atoms in total. The zero-order chi connectivity index (χ0) is 14.3. The molecule has 19 heavy (non-hydrogen) atoms. The molecule has 102 valence electrons. The molecule has 0 aliphatic carbocycles. The highest BCUT2D eigenvalue weighted by molar-refractivity contribution is 7.71. The predicted molar refractivity (Wildman–Crippen MR) is 77.2 cm³/mol. The van der Waals surface area contributed by atoms with Crippen molar-refractivity contribution < 1.29 is 0 Å². The third kappa shape index (κ3) is 2.19. The minimum absolute atomic E-state index is 0.365. The summed E-state index contributed by atoms with van der Waals surface area (Å²) in [6.07, 6.45) is 1.75. The topological polar surface area (TPSA) is 64.7 Å². The third-order valence-corrected chi connectivity index (χ3v) is 3.41. The molecular weight excluding hydrogens is 288 g/mol. The van der Waals surface area contributed by atoms with Gasteiger partial charge in [-0.2, -0.15) is 0 Å². The van der Waals surface area contributed by atoms with Gasteiger partial charge >= 0.3 is 5.69 Å². The Bertz CT molecular complexity index is 848. The van der Waals surface area contributed by atoms with Crippen LogP contribution in [0.15, 0.2) is 20.7 Å². The maximum atomic E-state index is 12.2. The Labute approximate surface area is 118 Å². The first-order valence-corrected chi connectivity index (χ1v) is 6.34. The van der Waals surface area contributed by atoms with Crippen LogP contribution in [0, 0.1) is 4.77 Å². The van der Waals surface area contributed by atoms with Crippen LogP contribution in [-0.2, 0) is 20.6 Å². The molecule has 0 atom stereocenters. The van der Waals surface area contributed by atoms with E-state index in [2.05, 4.69) is 4.98 Å². The van der Waals surface area contributed by atoms with Gasteiger partial charge in [-0.1, -0.05) is 17.7 Å². The number of rotatable bonds is 2. The molecule has 0 spiro atoms. The van der Waals surface area contributed by atoms with Crippen molar-refractivity contribution in [2.45, 2.75) is 13.5 Å². The summed E-state index contributed by atoms with van der Waals surface area (Å²) in [4.78, 5) is 26.9. The number of aryl methyl sites for hydroxylation is 1. The summed E-state index contributed by atoms with van der Waals surface area (Å²) in [5.41, 5.74) is -0.00136. The summed E-state index contributed by atoms with van der Waals surface area (Å²) in [6, 6.07) is 0.